The van der Waals surface area contributed by atoms with Gasteiger partial charge in [-0.25, -0.2) is 0 Å². The number of carbonyl (C=O) groups is 1. The zero-order valence-electron chi connectivity index (χ0n) is 17.1. The van der Waals surface area contributed by atoms with E-state index in [-0.39, 0.29) is 5.91 Å². The fourth-order valence-electron chi connectivity index (χ4n) is 3.89. The second-order valence-electron chi connectivity index (χ2n) is 7.63. The molecular formula is C23H26N4O2. The second kappa shape index (κ2) is 8.09. The summed E-state index contributed by atoms with van der Waals surface area (Å²) < 4.78 is 5.27. The predicted octanol–water partition coefficient (Wildman–Crippen LogP) is 3.21. The van der Waals surface area contributed by atoms with Crippen LogP contribution < -0.4 is 4.74 Å². The first-order valence-corrected chi connectivity index (χ1v) is 9.77. The molecule has 29 heavy (non-hydrogen) atoms. The summed E-state index contributed by atoms with van der Waals surface area (Å²) in [7, 11) is 5.60. The molecule has 0 bridgehead atoms. The molecule has 1 aliphatic rings. The van der Waals surface area contributed by atoms with Gasteiger partial charge in [-0.1, -0.05) is 36.4 Å². The number of methoxy groups -OCH3 is 1. The zero-order chi connectivity index (χ0) is 20.4. The topological polar surface area (TPSA) is 61.5 Å². The van der Waals surface area contributed by atoms with Crippen molar-refractivity contribution >= 4 is 5.91 Å². The molecule has 150 valence electrons. The Hall–Kier alpha value is -3.12. The highest BCUT2D eigenvalue weighted by Crippen LogP contribution is 2.24. The molecule has 3 aromatic rings. The maximum Gasteiger partial charge on any atom is 0.271 e. The highest BCUT2D eigenvalue weighted by molar-refractivity contribution is 5.93. The predicted molar refractivity (Wildman–Crippen MR) is 113 cm³/mol. The molecule has 6 heteroatoms. The highest BCUT2D eigenvalue weighted by Gasteiger charge is 2.26. The largest absolute Gasteiger partial charge is 0.497 e. The molecule has 1 aliphatic heterocycles. The van der Waals surface area contributed by atoms with Crippen LogP contribution >= 0.6 is 0 Å². The summed E-state index contributed by atoms with van der Waals surface area (Å²) in [6, 6.07) is 18.3. The van der Waals surface area contributed by atoms with Crippen molar-refractivity contribution in [3.8, 4) is 17.0 Å². The average Bonchev–Trinajstić information content (AvgIpc) is 3.24. The Morgan fingerprint density at radius 3 is 2.79 bits per heavy atom. The van der Waals surface area contributed by atoms with Crippen LogP contribution in [0.15, 0.2) is 54.6 Å². The van der Waals surface area contributed by atoms with Crippen LogP contribution in [0.3, 0.4) is 0 Å². The SMILES string of the molecule is COc1cccc(-c2cc(C(=O)N(C)C[C@@H]3Cc4ccccc4CN3C)[nH]n2)c1. The number of ether oxygens (including phenoxy) is 1. The lowest BCUT2D eigenvalue weighted by atomic mass is 9.94. The van der Waals surface area contributed by atoms with Crippen molar-refractivity contribution in [3.05, 3.63) is 71.4 Å². The molecule has 0 radical (unpaired) electrons. The molecule has 4 rings (SSSR count). The molecule has 1 aromatic heterocycles. The van der Waals surface area contributed by atoms with E-state index >= 15 is 0 Å². The van der Waals surface area contributed by atoms with Crippen LogP contribution in [0.1, 0.15) is 21.6 Å². The quantitative estimate of drug-likeness (QED) is 0.727. The first-order chi connectivity index (χ1) is 14.0. The van der Waals surface area contributed by atoms with E-state index in [2.05, 4.69) is 46.4 Å². The van der Waals surface area contributed by atoms with Gasteiger partial charge in [0.1, 0.15) is 11.4 Å². The molecule has 6 nitrogen and oxygen atoms in total. The number of H-pyrrole nitrogens is 1. The van der Waals surface area contributed by atoms with Crippen LogP contribution in [-0.4, -0.2) is 59.7 Å². The minimum Gasteiger partial charge on any atom is -0.497 e. The number of fused-ring (bicyclic) bond motifs is 1. The number of aromatic amines is 1. The Balaban J connectivity index is 1.45. The molecular weight excluding hydrogens is 364 g/mol. The molecule has 1 amide bonds. The van der Waals surface area contributed by atoms with Crippen molar-refractivity contribution in [1.82, 2.24) is 20.0 Å². The van der Waals surface area contributed by atoms with Crippen molar-refractivity contribution in [2.75, 3.05) is 27.7 Å². The summed E-state index contributed by atoms with van der Waals surface area (Å²) >= 11 is 0. The number of rotatable bonds is 5. The van der Waals surface area contributed by atoms with Gasteiger partial charge >= 0.3 is 0 Å². The van der Waals surface area contributed by atoms with Gasteiger partial charge in [-0.15, -0.1) is 0 Å². The van der Waals surface area contributed by atoms with E-state index in [1.54, 1.807) is 18.1 Å². The van der Waals surface area contributed by atoms with Crippen molar-refractivity contribution in [2.24, 2.45) is 0 Å². The molecule has 0 aliphatic carbocycles. The van der Waals surface area contributed by atoms with Crippen molar-refractivity contribution in [1.29, 1.82) is 0 Å². The Kier molecular flexibility index (Phi) is 5.36. The fourth-order valence-corrected chi connectivity index (χ4v) is 3.89. The number of likely N-dealkylation sites (N-methyl/N-ethyl adjacent to an activating group) is 2. The second-order valence-corrected chi connectivity index (χ2v) is 7.63. The molecule has 2 heterocycles. The summed E-state index contributed by atoms with van der Waals surface area (Å²) in [6.45, 7) is 1.57. The van der Waals surface area contributed by atoms with Crippen LogP contribution in [-0.2, 0) is 13.0 Å². The lowest BCUT2D eigenvalue weighted by Crippen LogP contribution is -2.46. The van der Waals surface area contributed by atoms with Gasteiger partial charge in [0.25, 0.3) is 5.91 Å². The fraction of sp³-hybridized carbons (Fsp3) is 0.304. The van der Waals surface area contributed by atoms with E-state index < -0.39 is 0 Å². The van der Waals surface area contributed by atoms with Crippen LogP contribution in [0.4, 0.5) is 0 Å². The Morgan fingerprint density at radius 1 is 1.21 bits per heavy atom. The average molecular weight is 390 g/mol. The lowest BCUT2D eigenvalue weighted by Gasteiger charge is -2.36. The van der Waals surface area contributed by atoms with Gasteiger partial charge in [0.15, 0.2) is 0 Å². The zero-order valence-corrected chi connectivity index (χ0v) is 17.1. The number of aromatic nitrogens is 2. The summed E-state index contributed by atoms with van der Waals surface area (Å²) in [6.07, 6.45) is 0.947. The standard InChI is InChI=1S/C23H26N4O2/c1-26-14-18-8-5-4-7-16(18)11-19(26)15-27(2)23(28)22-13-21(24-25-22)17-9-6-10-20(12-17)29-3/h4-10,12-13,19H,11,14-15H2,1-3H3,(H,24,25)/t19-/m0/s1. The van der Waals surface area contributed by atoms with E-state index in [0.29, 0.717) is 18.3 Å². The van der Waals surface area contributed by atoms with Crippen molar-refractivity contribution in [3.63, 3.8) is 0 Å². The first-order valence-electron chi connectivity index (χ1n) is 9.77. The van der Waals surface area contributed by atoms with Crippen LogP contribution in [0, 0.1) is 0 Å². The van der Waals surface area contributed by atoms with E-state index in [1.165, 1.54) is 11.1 Å². The number of benzene rings is 2. The third-order valence-corrected chi connectivity index (χ3v) is 5.62. The maximum absolute atomic E-state index is 12.9. The Bertz CT molecular complexity index is 1010. The van der Waals surface area contributed by atoms with Crippen LogP contribution in [0.5, 0.6) is 5.75 Å². The normalized spacial score (nSPS) is 16.3. The lowest BCUT2D eigenvalue weighted by molar-refractivity contribution is 0.0728. The van der Waals surface area contributed by atoms with Crippen molar-refractivity contribution in [2.45, 2.75) is 19.0 Å². The number of amides is 1. The van der Waals surface area contributed by atoms with Gasteiger partial charge in [0, 0.05) is 31.7 Å². The molecule has 1 N–H and O–H groups in total. The van der Waals surface area contributed by atoms with Gasteiger partial charge in [0.2, 0.25) is 0 Å². The molecule has 0 saturated carbocycles. The van der Waals surface area contributed by atoms with Gasteiger partial charge < -0.3 is 9.64 Å². The van der Waals surface area contributed by atoms with Gasteiger partial charge in [-0.05, 0) is 42.8 Å². The van der Waals surface area contributed by atoms with E-state index in [4.69, 9.17) is 4.74 Å². The number of hydrogen-bond acceptors (Lipinski definition) is 4. The minimum atomic E-state index is -0.0566. The summed E-state index contributed by atoms with van der Waals surface area (Å²) in [5.74, 6) is 0.704. The third kappa shape index (κ3) is 4.03. The molecule has 0 saturated heterocycles. The van der Waals surface area contributed by atoms with Gasteiger partial charge in [-0.3, -0.25) is 14.8 Å². The molecule has 0 fully saturated rings. The minimum absolute atomic E-state index is 0.0566. The first kappa shape index (κ1) is 19.2. The monoisotopic (exact) mass is 390 g/mol. The third-order valence-electron chi connectivity index (χ3n) is 5.62. The highest BCUT2D eigenvalue weighted by atomic mass is 16.5. The van der Waals surface area contributed by atoms with Crippen LogP contribution in [0.25, 0.3) is 11.3 Å². The Morgan fingerprint density at radius 2 is 2.00 bits per heavy atom. The number of hydrogen-bond donors (Lipinski definition) is 1. The Labute approximate surface area is 171 Å². The van der Waals surface area contributed by atoms with E-state index in [9.17, 15) is 4.79 Å². The molecule has 0 unspecified atom stereocenters. The summed E-state index contributed by atoms with van der Waals surface area (Å²) in [5, 5.41) is 7.21. The summed E-state index contributed by atoms with van der Waals surface area (Å²) in [5.41, 5.74) is 4.87. The van der Waals surface area contributed by atoms with Gasteiger partial charge in [0.05, 0.1) is 12.8 Å². The van der Waals surface area contributed by atoms with E-state index in [0.717, 1.165) is 30.0 Å². The van der Waals surface area contributed by atoms with Crippen LogP contribution in [0.2, 0.25) is 0 Å². The maximum atomic E-state index is 12.9. The number of carbonyl (C=O) groups excluding carboxylic acids is 1. The molecule has 1 atom stereocenters. The summed E-state index contributed by atoms with van der Waals surface area (Å²) in [4.78, 5) is 17.0. The molecule has 2 aromatic carbocycles. The van der Waals surface area contributed by atoms with Crippen molar-refractivity contribution < 1.29 is 9.53 Å². The van der Waals surface area contributed by atoms with E-state index in [1.807, 2.05) is 31.3 Å². The number of nitrogens with one attached hydrogen (secondary N) is 1. The van der Waals surface area contributed by atoms with Gasteiger partial charge in [-0.2, -0.15) is 5.10 Å². The smallest absolute Gasteiger partial charge is 0.271 e. The molecule has 0 spiro atoms. The number of nitrogens with zero attached hydrogens (tertiary/aromatic N) is 3.